The molecule has 1 N–H and O–H groups in total. The van der Waals surface area contributed by atoms with Crippen LogP contribution in [0.1, 0.15) is 47.0 Å². The number of fused-ring (bicyclic) bond motifs is 1. The lowest BCUT2D eigenvalue weighted by Gasteiger charge is -2.20. The van der Waals surface area contributed by atoms with Crippen molar-refractivity contribution in [3.63, 3.8) is 0 Å². The molecule has 0 bridgehead atoms. The van der Waals surface area contributed by atoms with Gasteiger partial charge in [-0.25, -0.2) is 13.4 Å². The molecule has 0 fully saturated rings. The number of nitrogens with zero attached hydrogens (tertiary/aromatic N) is 2. The van der Waals surface area contributed by atoms with E-state index >= 15 is 0 Å². The number of hydrogen-bond acceptors (Lipinski definition) is 5. The average molecular weight is 398 g/mol. The lowest BCUT2D eigenvalue weighted by molar-refractivity contribution is -0.116. The molecule has 0 spiro atoms. The number of sulfonamides is 1. The van der Waals surface area contributed by atoms with E-state index in [-0.39, 0.29) is 16.7 Å². The standard InChI is InChI=1S/C18H27N3O3S2/c1-5-9-21(10-6-2)26(23,24)14-7-8-15-16(12-14)25-18(19-15)20-17(22)11-13(3)4/h7-8,12-13H,5-6,9-11H2,1-4H3,(H,19,20,22). The van der Waals surface area contributed by atoms with Gasteiger partial charge in [-0.05, 0) is 37.0 Å². The Hall–Kier alpha value is -1.51. The van der Waals surface area contributed by atoms with E-state index in [0.717, 1.165) is 17.5 Å². The molecule has 0 saturated heterocycles. The van der Waals surface area contributed by atoms with Gasteiger partial charge in [0.2, 0.25) is 15.9 Å². The highest BCUT2D eigenvalue weighted by molar-refractivity contribution is 7.89. The highest BCUT2D eigenvalue weighted by Crippen LogP contribution is 2.29. The quantitative estimate of drug-likeness (QED) is 0.691. The second-order valence-electron chi connectivity index (χ2n) is 6.70. The molecule has 1 aromatic heterocycles. The molecular formula is C18H27N3O3S2. The van der Waals surface area contributed by atoms with Crippen LogP contribution in [0.3, 0.4) is 0 Å². The molecule has 6 nitrogen and oxygen atoms in total. The fourth-order valence-corrected chi connectivity index (χ4v) is 5.31. The Balaban J connectivity index is 2.29. The van der Waals surface area contributed by atoms with Crippen LogP contribution < -0.4 is 5.32 Å². The molecule has 1 heterocycles. The van der Waals surface area contributed by atoms with Crippen molar-refractivity contribution in [2.75, 3.05) is 18.4 Å². The maximum Gasteiger partial charge on any atom is 0.243 e. The van der Waals surface area contributed by atoms with Gasteiger partial charge in [-0.2, -0.15) is 4.31 Å². The van der Waals surface area contributed by atoms with Crippen molar-refractivity contribution in [3.05, 3.63) is 18.2 Å². The van der Waals surface area contributed by atoms with E-state index in [1.54, 1.807) is 18.2 Å². The molecule has 0 radical (unpaired) electrons. The van der Waals surface area contributed by atoms with Crippen LogP contribution in [0.2, 0.25) is 0 Å². The number of anilines is 1. The van der Waals surface area contributed by atoms with Crippen LogP contribution in [0.15, 0.2) is 23.1 Å². The van der Waals surface area contributed by atoms with E-state index in [1.165, 1.54) is 15.6 Å². The average Bonchev–Trinajstić information content (AvgIpc) is 2.94. The molecule has 144 valence electrons. The third-order valence-corrected chi connectivity index (χ3v) is 6.61. The predicted molar refractivity (Wildman–Crippen MR) is 107 cm³/mol. The van der Waals surface area contributed by atoms with E-state index in [2.05, 4.69) is 10.3 Å². The number of thiazole rings is 1. The first-order valence-corrected chi connectivity index (χ1v) is 11.2. The van der Waals surface area contributed by atoms with Crippen molar-refractivity contribution >= 4 is 42.6 Å². The van der Waals surface area contributed by atoms with Crippen LogP contribution in [0, 0.1) is 5.92 Å². The van der Waals surface area contributed by atoms with Crippen molar-refractivity contribution in [1.29, 1.82) is 0 Å². The molecule has 2 aromatic rings. The fourth-order valence-electron chi connectivity index (χ4n) is 2.66. The van der Waals surface area contributed by atoms with E-state index in [0.29, 0.717) is 30.2 Å². The third-order valence-electron chi connectivity index (χ3n) is 3.78. The van der Waals surface area contributed by atoms with Gasteiger partial charge in [0, 0.05) is 19.5 Å². The van der Waals surface area contributed by atoms with Crippen LogP contribution in [-0.2, 0) is 14.8 Å². The zero-order chi connectivity index (χ0) is 19.3. The molecule has 0 atom stereocenters. The van der Waals surface area contributed by atoms with Crippen LogP contribution >= 0.6 is 11.3 Å². The van der Waals surface area contributed by atoms with Crippen LogP contribution in [0.5, 0.6) is 0 Å². The summed E-state index contributed by atoms with van der Waals surface area (Å²) in [6, 6.07) is 4.95. The molecule has 1 aromatic carbocycles. The number of benzene rings is 1. The van der Waals surface area contributed by atoms with Gasteiger partial charge in [0.05, 0.1) is 15.1 Å². The fraction of sp³-hybridized carbons (Fsp3) is 0.556. The summed E-state index contributed by atoms with van der Waals surface area (Å²) in [6.45, 7) is 8.91. The van der Waals surface area contributed by atoms with Gasteiger partial charge in [0.15, 0.2) is 5.13 Å². The number of carbonyl (C=O) groups excluding carboxylic acids is 1. The first-order chi connectivity index (χ1) is 12.3. The SMILES string of the molecule is CCCN(CCC)S(=O)(=O)c1ccc2nc(NC(=O)CC(C)C)sc2c1. The van der Waals surface area contributed by atoms with Crippen LogP contribution in [-0.4, -0.2) is 36.7 Å². The summed E-state index contributed by atoms with van der Waals surface area (Å²) >= 11 is 1.30. The summed E-state index contributed by atoms with van der Waals surface area (Å²) in [7, 11) is -3.52. The Morgan fingerprint density at radius 1 is 1.23 bits per heavy atom. The van der Waals surface area contributed by atoms with Gasteiger partial charge in [0.1, 0.15) is 0 Å². The zero-order valence-corrected chi connectivity index (χ0v) is 17.4. The van der Waals surface area contributed by atoms with Crippen LogP contribution in [0.4, 0.5) is 5.13 Å². The summed E-state index contributed by atoms with van der Waals surface area (Å²) in [5.41, 5.74) is 0.686. The molecule has 0 aliphatic carbocycles. The molecule has 2 rings (SSSR count). The summed E-state index contributed by atoms with van der Waals surface area (Å²) in [4.78, 5) is 16.6. The Morgan fingerprint density at radius 3 is 2.46 bits per heavy atom. The lowest BCUT2D eigenvalue weighted by Crippen LogP contribution is -2.32. The van der Waals surface area contributed by atoms with E-state index in [4.69, 9.17) is 0 Å². The molecular weight excluding hydrogens is 370 g/mol. The molecule has 0 saturated carbocycles. The van der Waals surface area contributed by atoms with Crippen molar-refractivity contribution in [1.82, 2.24) is 9.29 Å². The first kappa shape index (κ1) is 20.8. The monoisotopic (exact) mass is 397 g/mol. The van der Waals surface area contributed by atoms with E-state index < -0.39 is 10.0 Å². The van der Waals surface area contributed by atoms with Gasteiger partial charge >= 0.3 is 0 Å². The summed E-state index contributed by atoms with van der Waals surface area (Å²) in [5.74, 6) is 0.188. The minimum absolute atomic E-state index is 0.0797. The smallest absolute Gasteiger partial charge is 0.243 e. The molecule has 0 aliphatic heterocycles. The highest BCUT2D eigenvalue weighted by atomic mass is 32.2. The van der Waals surface area contributed by atoms with Crippen LogP contribution in [0.25, 0.3) is 10.2 Å². The summed E-state index contributed by atoms with van der Waals surface area (Å²) in [5, 5.41) is 3.29. The maximum absolute atomic E-state index is 12.9. The predicted octanol–water partition coefficient (Wildman–Crippen LogP) is 4.09. The van der Waals surface area contributed by atoms with Gasteiger partial charge in [-0.3, -0.25) is 4.79 Å². The number of amides is 1. The Kier molecular flexibility index (Phi) is 7.14. The first-order valence-electron chi connectivity index (χ1n) is 8.98. The normalized spacial score (nSPS) is 12.2. The van der Waals surface area contributed by atoms with E-state index in [9.17, 15) is 13.2 Å². The highest BCUT2D eigenvalue weighted by Gasteiger charge is 2.23. The van der Waals surface area contributed by atoms with Gasteiger partial charge in [-0.1, -0.05) is 39.0 Å². The Morgan fingerprint density at radius 2 is 1.88 bits per heavy atom. The van der Waals surface area contributed by atoms with E-state index in [1.807, 2.05) is 27.7 Å². The van der Waals surface area contributed by atoms with Crippen molar-refractivity contribution < 1.29 is 13.2 Å². The van der Waals surface area contributed by atoms with Crippen molar-refractivity contribution in [3.8, 4) is 0 Å². The molecule has 0 aliphatic rings. The molecule has 0 unspecified atom stereocenters. The van der Waals surface area contributed by atoms with Crippen molar-refractivity contribution in [2.45, 2.75) is 51.9 Å². The molecule has 1 amide bonds. The van der Waals surface area contributed by atoms with Gasteiger partial charge < -0.3 is 5.32 Å². The third kappa shape index (κ3) is 5.02. The number of carbonyl (C=O) groups is 1. The zero-order valence-electron chi connectivity index (χ0n) is 15.8. The van der Waals surface area contributed by atoms with Gasteiger partial charge in [-0.15, -0.1) is 0 Å². The number of nitrogens with one attached hydrogen (secondary N) is 1. The minimum Gasteiger partial charge on any atom is -0.302 e. The molecule has 8 heteroatoms. The minimum atomic E-state index is -3.52. The lowest BCUT2D eigenvalue weighted by atomic mass is 10.1. The number of rotatable bonds is 9. The summed E-state index contributed by atoms with van der Waals surface area (Å²) < 4.78 is 28.1. The number of hydrogen-bond donors (Lipinski definition) is 1. The van der Waals surface area contributed by atoms with Gasteiger partial charge in [0.25, 0.3) is 0 Å². The summed E-state index contributed by atoms with van der Waals surface area (Å²) in [6.07, 6.45) is 1.97. The number of aromatic nitrogens is 1. The topological polar surface area (TPSA) is 79.4 Å². The second-order valence-corrected chi connectivity index (χ2v) is 9.67. The maximum atomic E-state index is 12.9. The Bertz CT molecular complexity index is 854. The second kappa shape index (κ2) is 8.92. The Labute approximate surface area is 159 Å². The largest absolute Gasteiger partial charge is 0.302 e. The molecule has 26 heavy (non-hydrogen) atoms. The van der Waals surface area contributed by atoms with Crippen molar-refractivity contribution in [2.24, 2.45) is 5.92 Å².